The number of nitrogens with zero attached hydrogens (tertiary/aromatic N) is 2. The summed E-state index contributed by atoms with van der Waals surface area (Å²) < 4.78 is 5.99. The van der Waals surface area contributed by atoms with Gasteiger partial charge < -0.3 is 15.0 Å². The molecular formula is C16H30IN3O. The van der Waals surface area contributed by atoms with Crippen LogP contribution in [0.2, 0.25) is 0 Å². The van der Waals surface area contributed by atoms with Crippen molar-refractivity contribution in [2.45, 2.75) is 64.0 Å². The van der Waals surface area contributed by atoms with Crippen LogP contribution in [0.3, 0.4) is 0 Å². The first-order valence-corrected chi connectivity index (χ1v) is 8.40. The Hall–Kier alpha value is -0.0400. The van der Waals surface area contributed by atoms with E-state index < -0.39 is 0 Å². The summed E-state index contributed by atoms with van der Waals surface area (Å²) in [6.07, 6.45) is 9.62. The fraction of sp³-hybridized carbons (Fsp3) is 0.938. The van der Waals surface area contributed by atoms with E-state index in [2.05, 4.69) is 22.1 Å². The van der Waals surface area contributed by atoms with Crippen molar-refractivity contribution >= 4 is 29.9 Å². The lowest BCUT2D eigenvalue weighted by atomic mass is 9.60. The molecule has 3 aliphatic rings. The van der Waals surface area contributed by atoms with Crippen LogP contribution in [0.5, 0.6) is 0 Å². The third-order valence-electron chi connectivity index (χ3n) is 5.61. The van der Waals surface area contributed by atoms with Crippen molar-refractivity contribution in [3.63, 3.8) is 0 Å². The average molecular weight is 407 g/mol. The summed E-state index contributed by atoms with van der Waals surface area (Å²) in [6, 6.07) is 0.570. The summed E-state index contributed by atoms with van der Waals surface area (Å²) in [5, 5.41) is 3.76. The fourth-order valence-corrected chi connectivity index (χ4v) is 4.47. The zero-order valence-corrected chi connectivity index (χ0v) is 15.8. The Morgan fingerprint density at radius 1 is 1.24 bits per heavy atom. The van der Waals surface area contributed by atoms with E-state index in [0.29, 0.717) is 17.6 Å². The molecule has 3 rings (SSSR count). The quantitative estimate of drug-likeness (QED) is 0.444. The number of hydrogen-bond donors (Lipinski definition) is 1. The molecule has 0 amide bonds. The zero-order chi connectivity index (χ0) is 14.0. The second-order valence-electron chi connectivity index (χ2n) is 6.56. The Morgan fingerprint density at radius 2 is 1.90 bits per heavy atom. The number of ether oxygens (including phenoxy) is 1. The highest BCUT2D eigenvalue weighted by atomic mass is 127. The zero-order valence-electron chi connectivity index (χ0n) is 13.4. The molecule has 21 heavy (non-hydrogen) atoms. The van der Waals surface area contributed by atoms with Crippen LogP contribution in [0.25, 0.3) is 0 Å². The van der Waals surface area contributed by atoms with Crippen LogP contribution in [0.4, 0.5) is 0 Å². The largest absolute Gasteiger partial charge is 0.378 e. The van der Waals surface area contributed by atoms with Crippen molar-refractivity contribution in [2.24, 2.45) is 10.4 Å². The molecule has 0 radical (unpaired) electrons. The number of rotatable bonds is 3. The Morgan fingerprint density at radius 3 is 2.48 bits per heavy atom. The summed E-state index contributed by atoms with van der Waals surface area (Å²) in [4.78, 5) is 6.92. The standard InChI is InChI=1S/C16H29N3O.HI/c1-3-20-14-12-13(16(14)8-4-5-9-16)18-15(17-2)19-10-6-7-11-19;/h13-14H,3-12H2,1-2H3,(H,17,18);1H. The van der Waals surface area contributed by atoms with Crippen LogP contribution in [-0.4, -0.2) is 49.7 Å². The van der Waals surface area contributed by atoms with Gasteiger partial charge in [0.1, 0.15) is 0 Å². The van der Waals surface area contributed by atoms with Crippen LogP contribution in [0.15, 0.2) is 4.99 Å². The summed E-state index contributed by atoms with van der Waals surface area (Å²) in [7, 11) is 1.92. The minimum Gasteiger partial charge on any atom is -0.378 e. The van der Waals surface area contributed by atoms with Gasteiger partial charge in [-0.15, -0.1) is 24.0 Å². The molecule has 0 aromatic rings. The summed E-state index contributed by atoms with van der Waals surface area (Å²) in [5.74, 6) is 1.12. The lowest BCUT2D eigenvalue weighted by Gasteiger charge is -2.54. The van der Waals surface area contributed by atoms with Crippen molar-refractivity contribution in [3.05, 3.63) is 0 Å². The van der Waals surface area contributed by atoms with Gasteiger partial charge in [-0.25, -0.2) is 0 Å². The molecular weight excluding hydrogens is 377 g/mol. The molecule has 3 fully saturated rings. The molecule has 1 saturated heterocycles. The van der Waals surface area contributed by atoms with Gasteiger partial charge in [-0.1, -0.05) is 12.8 Å². The van der Waals surface area contributed by atoms with Crippen LogP contribution < -0.4 is 5.32 Å². The molecule has 2 unspecified atom stereocenters. The SMILES string of the molecule is CCOC1CC(NC(=NC)N2CCCC2)C12CCCC2.I. The van der Waals surface area contributed by atoms with E-state index in [1.165, 1.54) is 38.5 Å². The lowest BCUT2D eigenvalue weighted by molar-refractivity contribution is -0.126. The maximum absolute atomic E-state index is 5.99. The minimum atomic E-state index is 0. The first kappa shape index (κ1) is 17.3. The first-order chi connectivity index (χ1) is 9.80. The molecule has 2 aliphatic carbocycles. The fourth-order valence-electron chi connectivity index (χ4n) is 4.47. The van der Waals surface area contributed by atoms with Crippen molar-refractivity contribution in [1.82, 2.24) is 10.2 Å². The third kappa shape index (κ3) is 3.19. The summed E-state index contributed by atoms with van der Waals surface area (Å²) in [5.41, 5.74) is 0.395. The van der Waals surface area contributed by atoms with E-state index >= 15 is 0 Å². The van der Waals surface area contributed by atoms with E-state index in [-0.39, 0.29) is 24.0 Å². The highest BCUT2D eigenvalue weighted by Crippen LogP contribution is 2.54. The van der Waals surface area contributed by atoms with Crippen LogP contribution in [0, 0.1) is 5.41 Å². The van der Waals surface area contributed by atoms with E-state index in [9.17, 15) is 0 Å². The van der Waals surface area contributed by atoms with Gasteiger partial charge in [0.2, 0.25) is 0 Å². The molecule has 1 spiro atoms. The van der Waals surface area contributed by atoms with Gasteiger partial charge in [-0.2, -0.15) is 0 Å². The van der Waals surface area contributed by atoms with Gasteiger partial charge in [-0.05, 0) is 39.0 Å². The molecule has 4 nitrogen and oxygen atoms in total. The number of guanidine groups is 1. The Labute approximate surface area is 146 Å². The maximum atomic E-state index is 5.99. The third-order valence-corrected chi connectivity index (χ3v) is 5.61. The van der Waals surface area contributed by atoms with Crippen LogP contribution >= 0.6 is 24.0 Å². The summed E-state index contributed by atoms with van der Waals surface area (Å²) in [6.45, 7) is 5.29. The van der Waals surface area contributed by atoms with E-state index in [4.69, 9.17) is 4.74 Å². The molecule has 0 aromatic carbocycles. The molecule has 5 heteroatoms. The van der Waals surface area contributed by atoms with E-state index in [1.54, 1.807) is 0 Å². The van der Waals surface area contributed by atoms with Gasteiger partial charge in [-0.3, -0.25) is 4.99 Å². The van der Waals surface area contributed by atoms with Gasteiger partial charge in [0.05, 0.1) is 6.10 Å². The van der Waals surface area contributed by atoms with Gasteiger partial charge in [0.15, 0.2) is 5.96 Å². The van der Waals surface area contributed by atoms with Gasteiger partial charge in [0, 0.05) is 38.2 Å². The molecule has 1 N–H and O–H groups in total. The first-order valence-electron chi connectivity index (χ1n) is 8.40. The molecule has 122 valence electrons. The Balaban J connectivity index is 0.00000161. The minimum absolute atomic E-state index is 0. The van der Waals surface area contributed by atoms with Crippen molar-refractivity contribution in [2.75, 3.05) is 26.7 Å². The average Bonchev–Trinajstić information content (AvgIpc) is 3.13. The summed E-state index contributed by atoms with van der Waals surface area (Å²) >= 11 is 0. The van der Waals surface area contributed by atoms with Gasteiger partial charge >= 0.3 is 0 Å². The molecule has 2 atom stereocenters. The second-order valence-corrected chi connectivity index (χ2v) is 6.56. The molecule has 1 aliphatic heterocycles. The van der Waals surface area contributed by atoms with E-state index in [0.717, 1.165) is 32.1 Å². The number of nitrogens with one attached hydrogen (secondary N) is 1. The molecule has 1 heterocycles. The number of halogens is 1. The molecule has 2 saturated carbocycles. The number of hydrogen-bond acceptors (Lipinski definition) is 2. The number of aliphatic imine (C=N–C) groups is 1. The predicted molar refractivity (Wildman–Crippen MR) is 97.4 cm³/mol. The monoisotopic (exact) mass is 407 g/mol. The van der Waals surface area contributed by atoms with E-state index in [1.807, 2.05) is 7.05 Å². The van der Waals surface area contributed by atoms with Gasteiger partial charge in [0.25, 0.3) is 0 Å². The highest BCUT2D eigenvalue weighted by Gasteiger charge is 2.57. The predicted octanol–water partition coefficient (Wildman–Crippen LogP) is 3.01. The Kier molecular flexibility index (Phi) is 6.17. The normalized spacial score (nSPS) is 31.1. The maximum Gasteiger partial charge on any atom is 0.193 e. The van der Waals surface area contributed by atoms with Crippen molar-refractivity contribution < 1.29 is 4.74 Å². The molecule has 0 aromatic heterocycles. The van der Waals surface area contributed by atoms with Crippen molar-refractivity contribution in [3.8, 4) is 0 Å². The second kappa shape index (κ2) is 7.49. The topological polar surface area (TPSA) is 36.9 Å². The van der Waals surface area contributed by atoms with Crippen LogP contribution in [0.1, 0.15) is 51.9 Å². The molecule has 0 bridgehead atoms. The van der Waals surface area contributed by atoms with Crippen LogP contribution in [-0.2, 0) is 4.74 Å². The smallest absolute Gasteiger partial charge is 0.193 e. The lowest BCUT2D eigenvalue weighted by Crippen LogP contribution is -2.65. The Bertz CT molecular complexity index is 363. The number of likely N-dealkylation sites (tertiary alicyclic amines) is 1. The highest BCUT2D eigenvalue weighted by molar-refractivity contribution is 14.0. The van der Waals surface area contributed by atoms with Crippen molar-refractivity contribution in [1.29, 1.82) is 0 Å².